The van der Waals surface area contributed by atoms with E-state index in [0.29, 0.717) is 13.2 Å². The Balaban J connectivity index is 2.54. The van der Waals surface area contributed by atoms with Gasteiger partial charge in [-0.25, -0.2) is 0 Å². The summed E-state index contributed by atoms with van der Waals surface area (Å²) in [6, 6.07) is 7.45. The first kappa shape index (κ1) is 12.0. The summed E-state index contributed by atoms with van der Waals surface area (Å²) in [7, 11) is 0. The fraction of sp³-hybridized carbons (Fsp3) is 0.286. The van der Waals surface area contributed by atoms with Crippen LogP contribution in [0.5, 0.6) is 11.5 Å². The quantitative estimate of drug-likeness (QED) is 0.717. The van der Waals surface area contributed by atoms with E-state index in [1.807, 2.05) is 24.3 Å². The largest absolute Gasteiger partial charge is 0.481 e. The molecule has 2 heteroatoms. The van der Waals surface area contributed by atoms with Crippen LogP contribution in [-0.4, -0.2) is 13.2 Å². The maximum absolute atomic E-state index is 5.40. The molecule has 0 saturated carbocycles. The van der Waals surface area contributed by atoms with Crippen molar-refractivity contribution in [3.8, 4) is 35.2 Å². The molecule has 0 saturated heterocycles. The molecule has 0 fully saturated rings. The standard InChI is InChI=1S/C14H14O2/c1-3-5-10-15-13-8-7-9-14(12-13)16-11-6-4-2/h7-9,12H,10-11H2,1-2H3. The highest BCUT2D eigenvalue weighted by atomic mass is 16.5. The average Bonchev–Trinajstić information content (AvgIpc) is 2.30. The molecule has 0 atom stereocenters. The van der Waals surface area contributed by atoms with E-state index in [2.05, 4.69) is 23.7 Å². The smallest absolute Gasteiger partial charge is 0.149 e. The summed E-state index contributed by atoms with van der Waals surface area (Å²) < 4.78 is 10.8. The number of hydrogen-bond donors (Lipinski definition) is 0. The zero-order valence-corrected chi connectivity index (χ0v) is 9.54. The maximum atomic E-state index is 5.40. The second-order valence-corrected chi connectivity index (χ2v) is 2.91. The molecule has 0 aliphatic rings. The first-order chi connectivity index (χ1) is 7.86. The monoisotopic (exact) mass is 214 g/mol. The van der Waals surface area contributed by atoms with Crippen molar-refractivity contribution in [2.24, 2.45) is 0 Å². The third-order valence-corrected chi connectivity index (χ3v) is 1.78. The molecule has 0 spiro atoms. The molecule has 0 aliphatic heterocycles. The van der Waals surface area contributed by atoms with Crippen molar-refractivity contribution < 1.29 is 9.47 Å². The highest BCUT2D eigenvalue weighted by Gasteiger charge is 1.95. The van der Waals surface area contributed by atoms with Gasteiger partial charge in [-0.1, -0.05) is 17.9 Å². The molecule has 1 aromatic rings. The van der Waals surface area contributed by atoms with Gasteiger partial charge in [0.05, 0.1) is 0 Å². The zero-order chi connectivity index (χ0) is 11.6. The van der Waals surface area contributed by atoms with Crippen LogP contribution in [-0.2, 0) is 0 Å². The summed E-state index contributed by atoms with van der Waals surface area (Å²) in [5.41, 5.74) is 0. The predicted octanol–water partition coefficient (Wildman–Crippen LogP) is 2.49. The second-order valence-electron chi connectivity index (χ2n) is 2.91. The van der Waals surface area contributed by atoms with Crippen LogP contribution in [0, 0.1) is 23.7 Å². The van der Waals surface area contributed by atoms with Gasteiger partial charge in [0.25, 0.3) is 0 Å². The Labute approximate surface area is 96.6 Å². The first-order valence-electron chi connectivity index (χ1n) is 5.01. The fourth-order valence-corrected chi connectivity index (χ4v) is 1.04. The molecule has 1 aromatic carbocycles. The fourth-order valence-electron chi connectivity index (χ4n) is 1.04. The Morgan fingerprint density at radius 3 is 1.88 bits per heavy atom. The van der Waals surface area contributed by atoms with Crippen LogP contribution < -0.4 is 9.47 Å². The molecule has 82 valence electrons. The molecule has 0 aromatic heterocycles. The Kier molecular flexibility index (Phi) is 5.45. The summed E-state index contributed by atoms with van der Waals surface area (Å²) >= 11 is 0. The number of benzene rings is 1. The van der Waals surface area contributed by atoms with Crippen LogP contribution in [0.3, 0.4) is 0 Å². The van der Waals surface area contributed by atoms with E-state index in [-0.39, 0.29) is 0 Å². The van der Waals surface area contributed by atoms with Gasteiger partial charge in [0.2, 0.25) is 0 Å². The molecule has 0 radical (unpaired) electrons. The molecule has 1 rings (SSSR count). The molecular weight excluding hydrogens is 200 g/mol. The van der Waals surface area contributed by atoms with Gasteiger partial charge >= 0.3 is 0 Å². The lowest BCUT2D eigenvalue weighted by molar-refractivity contribution is 0.351. The van der Waals surface area contributed by atoms with Crippen molar-refractivity contribution in [1.29, 1.82) is 0 Å². The third kappa shape index (κ3) is 4.44. The minimum atomic E-state index is 0.398. The van der Waals surface area contributed by atoms with Gasteiger partial charge in [0, 0.05) is 6.07 Å². The van der Waals surface area contributed by atoms with Gasteiger partial charge in [0.1, 0.15) is 24.7 Å². The van der Waals surface area contributed by atoms with Gasteiger partial charge in [0.15, 0.2) is 0 Å². The van der Waals surface area contributed by atoms with Crippen LogP contribution in [0.25, 0.3) is 0 Å². The number of rotatable bonds is 4. The SMILES string of the molecule is CC#CCOc1cccc(OCC#CC)c1. The van der Waals surface area contributed by atoms with Gasteiger partial charge in [-0.15, -0.1) is 11.8 Å². The Bertz CT molecular complexity index is 402. The topological polar surface area (TPSA) is 18.5 Å². The Hall–Kier alpha value is -2.06. The molecule has 0 heterocycles. The normalized spacial score (nSPS) is 8.12. The second kappa shape index (κ2) is 7.26. The highest BCUT2D eigenvalue weighted by Crippen LogP contribution is 2.18. The molecule has 0 N–H and O–H groups in total. The van der Waals surface area contributed by atoms with Crippen LogP contribution in [0.4, 0.5) is 0 Å². The van der Waals surface area contributed by atoms with Crippen LogP contribution in [0.1, 0.15) is 13.8 Å². The minimum absolute atomic E-state index is 0.398. The summed E-state index contributed by atoms with van der Waals surface area (Å²) in [4.78, 5) is 0. The molecule has 0 unspecified atom stereocenters. The molecule has 0 bridgehead atoms. The van der Waals surface area contributed by atoms with Crippen molar-refractivity contribution in [3.05, 3.63) is 24.3 Å². The third-order valence-electron chi connectivity index (χ3n) is 1.78. The molecule has 2 nitrogen and oxygen atoms in total. The molecule has 0 aliphatic carbocycles. The van der Waals surface area contributed by atoms with Crippen molar-refractivity contribution in [2.45, 2.75) is 13.8 Å². The van der Waals surface area contributed by atoms with Crippen LogP contribution >= 0.6 is 0 Å². The van der Waals surface area contributed by atoms with E-state index in [9.17, 15) is 0 Å². The van der Waals surface area contributed by atoms with E-state index in [0.717, 1.165) is 11.5 Å². The van der Waals surface area contributed by atoms with E-state index in [1.165, 1.54) is 0 Å². The van der Waals surface area contributed by atoms with Crippen molar-refractivity contribution >= 4 is 0 Å². The van der Waals surface area contributed by atoms with E-state index in [1.54, 1.807) is 13.8 Å². The Morgan fingerprint density at radius 2 is 1.44 bits per heavy atom. The average molecular weight is 214 g/mol. The first-order valence-corrected chi connectivity index (χ1v) is 5.01. The summed E-state index contributed by atoms with van der Waals surface area (Å²) in [5, 5.41) is 0. The lowest BCUT2D eigenvalue weighted by Crippen LogP contribution is -1.96. The lowest BCUT2D eigenvalue weighted by atomic mass is 10.3. The van der Waals surface area contributed by atoms with E-state index >= 15 is 0 Å². The maximum Gasteiger partial charge on any atom is 0.149 e. The lowest BCUT2D eigenvalue weighted by Gasteiger charge is -2.05. The summed E-state index contributed by atoms with van der Waals surface area (Å²) in [5.74, 6) is 12.7. The number of hydrogen-bond acceptors (Lipinski definition) is 2. The van der Waals surface area contributed by atoms with Crippen molar-refractivity contribution in [2.75, 3.05) is 13.2 Å². The molecular formula is C14H14O2. The highest BCUT2D eigenvalue weighted by molar-refractivity contribution is 5.33. The van der Waals surface area contributed by atoms with Crippen LogP contribution in [0.15, 0.2) is 24.3 Å². The van der Waals surface area contributed by atoms with Crippen LogP contribution in [0.2, 0.25) is 0 Å². The van der Waals surface area contributed by atoms with Gasteiger partial charge in [-0.3, -0.25) is 0 Å². The number of ether oxygens (including phenoxy) is 2. The van der Waals surface area contributed by atoms with Crippen molar-refractivity contribution in [3.63, 3.8) is 0 Å². The van der Waals surface area contributed by atoms with E-state index < -0.39 is 0 Å². The van der Waals surface area contributed by atoms with E-state index in [4.69, 9.17) is 9.47 Å². The zero-order valence-electron chi connectivity index (χ0n) is 9.54. The van der Waals surface area contributed by atoms with Crippen molar-refractivity contribution in [1.82, 2.24) is 0 Å². The van der Waals surface area contributed by atoms with Gasteiger partial charge in [-0.2, -0.15) is 0 Å². The minimum Gasteiger partial charge on any atom is -0.481 e. The predicted molar refractivity (Wildman–Crippen MR) is 64.3 cm³/mol. The van der Waals surface area contributed by atoms with Gasteiger partial charge in [-0.05, 0) is 26.0 Å². The van der Waals surface area contributed by atoms with Gasteiger partial charge < -0.3 is 9.47 Å². The summed E-state index contributed by atoms with van der Waals surface area (Å²) in [6.07, 6.45) is 0. The molecule has 0 amide bonds. The summed E-state index contributed by atoms with van der Waals surface area (Å²) in [6.45, 7) is 4.36. The Morgan fingerprint density at radius 1 is 0.938 bits per heavy atom. The molecule has 16 heavy (non-hydrogen) atoms.